The number of thiophene rings is 1. The molecule has 3 heterocycles. The molecule has 114 valence electrons. The second-order valence-electron chi connectivity index (χ2n) is 5.02. The second kappa shape index (κ2) is 5.33. The van der Waals surface area contributed by atoms with Crippen molar-refractivity contribution in [3.05, 3.63) is 64.1 Å². The fraction of sp³-hybridized carbons (Fsp3) is 0.0667. The Balaban J connectivity index is 1.83. The highest BCUT2D eigenvalue weighted by atomic mass is 32.1. The Morgan fingerprint density at radius 1 is 1.13 bits per heavy atom. The lowest BCUT2D eigenvalue weighted by Crippen LogP contribution is -2.19. The summed E-state index contributed by atoms with van der Waals surface area (Å²) in [6.45, 7) is 0. The molecule has 8 heteroatoms. The van der Waals surface area contributed by atoms with E-state index in [4.69, 9.17) is 5.73 Å². The monoisotopic (exact) mass is 324 g/mol. The first-order valence-corrected chi connectivity index (χ1v) is 7.76. The van der Waals surface area contributed by atoms with Gasteiger partial charge in [0.1, 0.15) is 5.69 Å². The van der Waals surface area contributed by atoms with Gasteiger partial charge in [-0.1, -0.05) is 30.3 Å². The summed E-state index contributed by atoms with van der Waals surface area (Å²) >= 11 is 1.40. The minimum absolute atomic E-state index is 0.258. The van der Waals surface area contributed by atoms with Crippen molar-refractivity contribution in [1.82, 2.24) is 24.8 Å². The molecule has 0 unspecified atom stereocenters. The van der Waals surface area contributed by atoms with Crippen molar-refractivity contribution in [2.24, 2.45) is 0 Å². The number of nitrogen functional groups attached to an aromatic ring is 1. The van der Waals surface area contributed by atoms with Crippen molar-refractivity contribution in [2.45, 2.75) is 6.42 Å². The lowest BCUT2D eigenvalue weighted by molar-refractivity contribution is 0.830. The van der Waals surface area contributed by atoms with Gasteiger partial charge in [0.15, 0.2) is 5.82 Å². The van der Waals surface area contributed by atoms with E-state index in [1.165, 1.54) is 11.3 Å². The molecule has 0 spiro atoms. The average Bonchev–Trinajstić information content (AvgIpc) is 3.14. The van der Waals surface area contributed by atoms with E-state index in [1.54, 1.807) is 10.6 Å². The molecule has 4 rings (SSSR count). The third kappa shape index (κ3) is 2.49. The van der Waals surface area contributed by atoms with Gasteiger partial charge in [0, 0.05) is 6.42 Å². The van der Waals surface area contributed by atoms with E-state index in [-0.39, 0.29) is 5.56 Å². The van der Waals surface area contributed by atoms with Gasteiger partial charge in [-0.2, -0.15) is 9.61 Å². The summed E-state index contributed by atoms with van der Waals surface area (Å²) in [4.78, 5) is 15.7. The van der Waals surface area contributed by atoms with E-state index in [2.05, 4.69) is 20.3 Å². The summed E-state index contributed by atoms with van der Waals surface area (Å²) in [5.74, 6) is 0.876. The highest BCUT2D eigenvalue weighted by molar-refractivity contribution is 7.19. The van der Waals surface area contributed by atoms with Crippen LogP contribution in [0.25, 0.3) is 16.5 Å². The quantitative estimate of drug-likeness (QED) is 0.597. The van der Waals surface area contributed by atoms with Gasteiger partial charge >= 0.3 is 0 Å². The lowest BCUT2D eigenvalue weighted by atomic mass is 10.1. The third-order valence-electron chi connectivity index (χ3n) is 3.41. The first kappa shape index (κ1) is 13.6. The minimum Gasteiger partial charge on any atom is -0.391 e. The number of anilines is 1. The summed E-state index contributed by atoms with van der Waals surface area (Å²) in [6, 6.07) is 13.4. The van der Waals surface area contributed by atoms with E-state index in [0.29, 0.717) is 28.7 Å². The molecule has 0 saturated heterocycles. The summed E-state index contributed by atoms with van der Waals surface area (Å²) in [6.07, 6.45) is 0.441. The molecule has 3 N–H and O–H groups in total. The van der Waals surface area contributed by atoms with Crippen molar-refractivity contribution in [1.29, 1.82) is 0 Å². The van der Waals surface area contributed by atoms with Gasteiger partial charge in [-0.15, -0.1) is 21.5 Å². The molecule has 0 bridgehead atoms. The molecule has 7 nitrogen and oxygen atoms in total. The van der Waals surface area contributed by atoms with E-state index >= 15 is 0 Å². The number of aromatic nitrogens is 5. The normalized spacial score (nSPS) is 11.1. The van der Waals surface area contributed by atoms with E-state index < -0.39 is 0 Å². The molecule has 0 amide bonds. The number of hydrogen-bond acceptors (Lipinski definition) is 6. The summed E-state index contributed by atoms with van der Waals surface area (Å²) in [5, 5.41) is 13.2. The van der Waals surface area contributed by atoms with Crippen molar-refractivity contribution >= 4 is 22.1 Å². The number of benzene rings is 1. The van der Waals surface area contributed by atoms with Gasteiger partial charge in [-0.3, -0.25) is 9.78 Å². The zero-order valence-corrected chi connectivity index (χ0v) is 12.7. The van der Waals surface area contributed by atoms with Crippen molar-refractivity contribution < 1.29 is 0 Å². The molecule has 0 atom stereocenters. The number of nitrogens with zero attached hydrogens (tertiary/aromatic N) is 4. The fourth-order valence-corrected chi connectivity index (χ4v) is 3.07. The van der Waals surface area contributed by atoms with Crippen LogP contribution in [0.5, 0.6) is 0 Å². The van der Waals surface area contributed by atoms with Crippen LogP contribution in [0, 0.1) is 0 Å². The Morgan fingerprint density at radius 3 is 2.70 bits per heavy atom. The topological polar surface area (TPSA) is 102 Å². The van der Waals surface area contributed by atoms with Crippen LogP contribution in [0.2, 0.25) is 0 Å². The molecule has 4 aromatic rings. The average molecular weight is 324 g/mol. The van der Waals surface area contributed by atoms with Crippen LogP contribution in [0.4, 0.5) is 5.00 Å². The fourth-order valence-electron chi connectivity index (χ4n) is 2.32. The number of fused-ring (bicyclic) bond motifs is 1. The molecule has 0 saturated carbocycles. The van der Waals surface area contributed by atoms with E-state index in [1.807, 2.05) is 36.4 Å². The highest BCUT2D eigenvalue weighted by Crippen LogP contribution is 2.27. The highest BCUT2D eigenvalue weighted by Gasteiger charge is 2.14. The van der Waals surface area contributed by atoms with Crippen LogP contribution in [0.3, 0.4) is 0 Å². The SMILES string of the molecule is Nc1ccc(-c2nnc3[nH]c(=O)c(Cc4ccccc4)nn23)s1. The van der Waals surface area contributed by atoms with Crippen LogP contribution in [0.1, 0.15) is 11.3 Å². The van der Waals surface area contributed by atoms with Crippen molar-refractivity contribution in [2.75, 3.05) is 5.73 Å². The van der Waals surface area contributed by atoms with Crippen molar-refractivity contribution in [3.8, 4) is 10.7 Å². The summed E-state index contributed by atoms with van der Waals surface area (Å²) < 4.78 is 1.55. The predicted octanol–water partition coefficient (Wildman–Crippen LogP) is 1.71. The van der Waals surface area contributed by atoms with Gasteiger partial charge < -0.3 is 5.73 Å². The zero-order chi connectivity index (χ0) is 15.8. The van der Waals surface area contributed by atoms with Crippen LogP contribution in [-0.4, -0.2) is 24.8 Å². The molecule has 0 aliphatic rings. The molecule has 3 aromatic heterocycles. The van der Waals surface area contributed by atoms with Gasteiger partial charge in [0.2, 0.25) is 0 Å². The number of rotatable bonds is 3. The number of hydrogen-bond donors (Lipinski definition) is 2. The molecule has 1 aromatic carbocycles. The molecular weight excluding hydrogens is 312 g/mol. The molecule has 0 aliphatic carbocycles. The number of nitrogens with two attached hydrogens (primary N) is 1. The zero-order valence-electron chi connectivity index (χ0n) is 11.9. The minimum atomic E-state index is -0.258. The van der Waals surface area contributed by atoms with Crippen LogP contribution < -0.4 is 11.3 Å². The lowest BCUT2D eigenvalue weighted by Gasteiger charge is -2.02. The van der Waals surface area contributed by atoms with E-state index in [0.717, 1.165) is 10.4 Å². The van der Waals surface area contributed by atoms with Crippen molar-refractivity contribution in [3.63, 3.8) is 0 Å². The van der Waals surface area contributed by atoms with E-state index in [9.17, 15) is 4.79 Å². The third-order valence-corrected chi connectivity index (χ3v) is 4.32. The Morgan fingerprint density at radius 2 is 1.96 bits per heavy atom. The van der Waals surface area contributed by atoms with Gasteiger partial charge in [-0.05, 0) is 17.7 Å². The molecule has 0 radical (unpaired) electrons. The molecule has 23 heavy (non-hydrogen) atoms. The molecule has 0 aliphatic heterocycles. The van der Waals surface area contributed by atoms with Crippen LogP contribution >= 0.6 is 11.3 Å². The Kier molecular flexibility index (Phi) is 3.16. The van der Waals surface area contributed by atoms with Gasteiger partial charge in [0.05, 0.1) is 9.88 Å². The predicted molar refractivity (Wildman–Crippen MR) is 88.4 cm³/mol. The summed E-state index contributed by atoms with van der Waals surface area (Å²) in [7, 11) is 0. The number of nitrogens with one attached hydrogen (secondary N) is 1. The Hall–Kier alpha value is -3.00. The van der Waals surface area contributed by atoms with Crippen LogP contribution in [-0.2, 0) is 6.42 Å². The Bertz CT molecular complexity index is 1030. The largest absolute Gasteiger partial charge is 0.391 e. The first-order chi connectivity index (χ1) is 11.2. The van der Waals surface area contributed by atoms with Gasteiger partial charge in [-0.25, -0.2) is 0 Å². The molecule has 0 fully saturated rings. The Labute approximate surface area is 134 Å². The second-order valence-corrected chi connectivity index (χ2v) is 6.14. The standard InChI is InChI=1S/C15H12N6OS/c16-12-7-6-11(23-12)13-18-19-15-17-14(22)10(20-21(13)15)8-9-4-2-1-3-5-9/h1-7H,8,16H2,(H,17,19,22). The maximum absolute atomic E-state index is 12.2. The number of aromatic amines is 1. The smallest absolute Gasteiger partial charge is 0.274 e. The maximum atomic E-state index is 12.2. The van der Waals surface area contributed by atoms with Gasteiger partial charge in [0.25, 0.3) is 11.3 Å². The summed E-state index contributed by atoms with van der Waals surface area (Å²) in [5.41, 5.74) is 6.93. The van der Waals surface area contributed by atoms with Crippen LogP contribution in [0.15, 0.2) is 47.3 Å². The maximum Gasteiger partial charge on any atom is 0.274 e. The first-order valence-electron chi connectivity index (χ1n) is 6.95. The molecular formula is C15H12N6OS. The number of H-pyrrole nitrogens is 1.